The Hall–Kier alpha value is -2.00. The molecule has 0 heterocycles. The second kappa shape index (κ2) is 5.37. The summed E-state index contributed by atoms with van der Waals surface area (Å²) >= 11 is 0. The molecule has 0 aliphatic carbocycles. The molecular weight excluding hydrogens is 214 g/mol. The van der Waals surface area contributed by atoms with Crippen LogP contribution in [0.4, 0.5) is 5.69 Å². The van der Waals surface area contributed by atoms with Gasteiger partial charge in [0, 0.05) is 17.8 Å². The summed E-state index contributed by atoms with van der Waals surface area (Å²) in [6, 6.07) is 14.7. The lowest BCUT2D eigenvalue weighted by Crippen LogP contribution is -2.02. The monoisotopic (exact) mass is 229 g/mol. The first kappa shape index (κ1) is 11.5. The topological polar surface area (TPSA) is 52.5 Å². The molecule has 88 valence electrons. The predicted octanol–water partition coefficient (Wildman–Crippen LogP) is 2.50. The Labute approximate surface area is 100 Å². The average Bonchev–Trinajstić information content (AvgIpc) is 2.38. The number of anilines is 1. The van der Waals surface area contributed by atoms with Gasteiger partial charge < -0.3 is 15.5 Å². The van der Waals surface area contributed by atoms with Crippen LogP contribution in [0.25, 0.3) is 0 Å². The Morgan fingerprint density at radius 1 is 0.941 bits per heavy atom. The normalized spacial score (nSPS) is 10.2. The Bertz CT molecular complexity index is 480. The molecule has 3 N–H and O–H groups in total. The minimum Gasteiger partial charge on any atom is -0.508 e. The highest BCUT2D eigenvalue weighted by Gasteiger charge is 1.99. The van der Waals surface area contributed by atoms with Crippen molar-refractivity contribution < 1.29 is 10.2 Å². The minimum atomic E-state index is 0.0265. The van der Waals surface area contributed by atoms with Crippen LogP contribution in [0, 0.1) is 0 Å². The number of rotatable bonds is 4. The van der Waals surface area contributed by atoms with E-state index < -0.39 is 0 Å². The second-order valence-electron chi connectivity index (χ2n) is 3.84. The van der Waals surface area contributed by atoms with Gasteiger partial charge in [0.25, 0.3) is 0 Å². The Kier molecular flexibility index (Phi) is 3.62. The third-order valence-corrected chi connectivity index (χ3v) is 2.61. The van der Waals surface area contributed by atoms with Crippen LogP contribution in [0.3, 0.4) is 0 Å². The van der Waals surface area contributed by atoms with Gasteiger partial charge in [0.1, 0.15) is 5.75 Å². The zero-order valence-corrected chi connectivity index (χ0v) is 9.43. The van der Waals surface area contributed by atoms with Gasteiger partial charge in [-0.1, -0.05) is 30.3 Å². The molecule has 0 saturated heterocycles. The molecule has 0 aromatic heterocycles. The van der Waals surface area contributed by atoms with Crippen LogP contribution in [0.2, 0.25) is 0 Å². The fourth-order valence-electron chi connectivity index (χ4n) is 1.64. The standard InChI is InChI=1S/C14H15NO2/c16-10-12-3-1-2-4-14(12)15-9-11-5-7-13(17)8-6-11/h1-8,15-17H,9-10H2. The van der Waals surface area contributed by atoms with E-state index in [0.717, 1.165) is 16.8 Å². The third-order valence-electron chi connectivity index (χ3n) is 2.61. The fraction of sp³-hybridized carbons (Fsp3) is 0.143. The lowest BCUT2D eigenvalue weighted by molar-refractivity contribution is 0.282. The summed E-state index contributed by atoms with van der Waals surface area (Å²) in [5, 5.41) is 21.6. The van der Waals surface area contributed by atoms with E-state index >= 15 is 0 Å². The van der Waals surface area contributed by atoms with Crippen molar-refractivity contribution in [2.24, 2.45) is 0 Å². The first-order valence-corrected chi connectivity index (χ1v) is 5.50. The molecule has 0 radical (unpaired) electrons. The van der Waals surface area contributed by atoms with Crippen molar-refractivity contribution in [3.63, 3.8) is 0 Å². The lowest BCUT2D eigenvalue weighted by atomic mass is 10.1. The number of nitrogens with one attached hydrogen (secondary N) is 1. The second-order valence-corrected chi connectivity index (χ2v) is 3.84. The van der Waals surface area contributed by atoms with Crippen molar-refractivity contribution in [1.29, 1.82) is 0 Å². The van der Waals surface area contributed by atoms with Crippen LogP contribution in [-0.4, -0.2) is 10.2 Å². The summed E-state index contributed by atoms with van der Waals surface area (Å²) < 4.78 is 0. The smallest absolute Gasteiger partial charge is 0.115 e. The van der Waals surface area contributed by atoms with Crippen molar-refractivity contribution in [2.45, 2.75) is 13.2 Å². The molecule has 0 unspecified atom stereocenters. The van der Waals surface area contributed by atoms with Crippen LogP contribution >= 0.6 is 0 Å². The zero-order chi connectivity index (χ0) is 12.1. The number of aromatic hydroxyl groups is 1. The van der Waals surface area contributed by atoms with Gasteiger partial charge in [0.05, 0.1) is 6.61 Å². The summed E-state index contributed by atoms with van der Waals surface area (Å²) in [5.41, 5.74) is 2.89. The molecule has 0 saturated carbocycles. The van der Waals surface area contributed by atoms with Gasteiger partial charge in [-0.3, -0.25) is 0 Å². The number of aliphatic hydroxyl groups excluding tert-OH is 1. The molecule has 2 aromatic carbocycles. The van der Waals surface area contributed by atoms with Crippen LogP contribution in [0.15, 0.2) is 48.5 Å². The van der Waals surface area contributed by atoms with Gasteiger partial charge >= 0.3 is 0 Å². The first-order chi connectivity index (χ1) is 8.29. The largest absolute Gasteiger partial charge is 0.508 e. The molecule has 2 aromatic rings. The number of aliphatic hydroxyl groups is 1. The van der Waals surface area contributed by atoms with Crippen molar-refractivity contribution in [3.8, 4) is 5.75 Å². The molecule has 0 aliphatic rings. The maximum absolute atomic E-state index is 9.18. The van der Waals surface area contributed by atoms with E-state index in [9.17, 15) is 10.2 Å². The summed E-state index contributed by atoms with van der Waals surface area (Å²) in [6.45, 7) is 0.691. The van der Waals surface area contributed by atoms with E-state index in [2.05, 4.69) is 5.32 Å². The fourth-order valence-corrected chi connectivity index (χ4v) is 1.64. The SMILES string of the molecule is OCc1ccccc1NCc1ccc(O)cc1. The van der Waals surface area contributed by atoms with E-state index in [0.29, 0.717) is 6.54 Å². The van der Waals surface area contributed by atoms with Gasteiger partial charge in [-0.15, -0.1) is 0 Å². The maximum Gasteiger partial charge on any atom is 0.115 e. The molecule has 3 nitrogen and oxygen atoms in total. The number of phenols is 1. The number of phenolic OH excluding ortho intramolecular Hbond substituents is 1. The van der Waals surface area contributed by atoms with Gasteiger partial charge in [-0.2, -0.15) is 0 Å². The van der Waals surface area contributed by atoms with E-state index in [1.807, 2.05) is 36.4 Å². The van der Waals surface area contributed by atoms with Crippen molar-refractivity contribution in [3.05, 3.63) is 59.7 Å². The predicted molar refractivity (Wildman–Crippen MR) is 67.8 cm³/mol. The molecule has 0 aliphatic heterocycles. The molecule has 0 amide bonds. The number of hydrogen-bond donors (Lipinski definition) is 3. The highest BCUT2D eigenvalue weighted by Crippen LogP contribution is 2.16. The van der Waals surface area contributed by atoms with Gasteiger partial charge in [0.15, 0.2) is 0 Å². The molecule has 3 heteroatoms. The van der Waals surface area contributed by atoms with Crippen molar-refractivity contribution >= 4 is 5.69 Å². The molecule has 0 fully saturated rings. The average molecular weight is 229 g/mol. The molecule has 2 rings (SSSR count). The van der Waals surface area contributed by atoms with Gasteiger partial charge in [0.2, 0.25) is 0 Å². The summed E-state index contributed by atoms with van der Waals surface area (Å²) in [6.07, 6.45) is 0. The van der Waals surface area contributed by atoms with E-state index in [4.69, 9.17) is 0 Å². The number of benzene rings is 2. The molecular formula is C14H15NO2. The quantitative estimate of drug-likeness (QED) is 0.755. The Balaban J connectivity index is 2.04. The summed E-state index contributed by atoms with van der Waals surface area (Å²) in [4.78, 5) is 0. The number of hydrogen-bond acceptors (Lipinski definition) is 3. The van der Waals surface area contributed by atoms with Crippen LogP contribution < -0.4 is 5.32 Å². The maximum atomic E-state index is 9.18. The number of para-hydroxylation sites is 1. The third kappa shape index (κ3) is 2.98. The van der Waals surface area contributed by atoms with Gasteiger partial charge in [-0.25, -0.2) is 0 Å². The van der Waals surface area contributed by atoms with Gasteiger partial charge in [-0.05, 0) is 23.8 Å². The van der Waals surface area contributed by atoms with Crippen LogP contribution in [-0.2, 0) is 13.2 Å². The Morgan fingerprint density at radius 2 is 1.65 bits per heavy atom. The molecule has 0 spiro atoms. The van der Waals surface area contributed by atoms with Crippen molar-refractivity contribution in [2.75, 3.05) is 5.32 Å². The Morgan fingerprint density at radius 3 is 2.35 bits per heavy atom. The summed E-state index contributed by atoms with van der Waals surface area (Å²) in [5.74, 6) is 0.268. The molecule has 0 bridgehead atoms. The van der Waals surface area contributed by atoms with E-state index in [-0.39, 0.29) is 12.4 Å². The molecule has 17 heavy (non-hydrogen) atoms. The van der Waals surface area contributed by atoms with Crippen LogP contribution in [0.5, 0.6) is 5.75 Å². The lowest BCUT2D eigenvalue weighted by Gasteiger charge is -2.10. The van der Waals surface area contributed by atoms with Crippen molar-refractivity contribution in [1.82, 2.24) is 0 Å². The highest BCUT2D eigenvalue weighted by molar-refractivity contribution is 5.51. The minimum absolute atomic E-state index is 0.0265. The summed E-state index contributed by atoms with van der Waals surface area (Å²) in [7, 11) is 0. The van der Waals surface area contributed by atoms with E-state index in [1.54, 1.807) is 12.1 Å². The first-order valence-electron chi connectivity index (χ1n) is 5.50. The zero-order valence-electron chi connectivity index (χ0n) is 9.43. The van der Waals surface area contributed by atoms with Crippen LogP contribution in [0.1, 0.15) is 11.1 Å². The highest BCUT2D eigenvalue weighted by atomic mass is 16.3. The molecule has 0 atom stereocenters. The van der Waals surface area contributed by atoms with E-state index in [1.165, 1.54) is 0 Å².